The molecule has 1 N–H and O–H groups in total. The number of hydrogen-bond donors (Lipinski definition) is 1. The van der Waals surface area contributed by atoms with Crippen LogP contribution in [-0.4, -0.2) is 43.3 Å². The lowest BCUT2D eigenvalue weighted by molar-refractivity contribution is -0.121. The van der Waals surface area contributed by atoms with Gasteiger partial charge in [-0.05, 0) is 6.42 Å². The average Bonchev–Trinajstić information content (AvgIpc) is 2.15. The van der Waals surface area contributed by atoms with Gasteiger partial charge >= 0.3 is 0 Å². The summed E-state index contributed by atoms with van der Waals surface area (Å²) in [6.45, 7) is 2.29. The van der Waals surface area contributed by atoms with Crippen LogP contribution in [0.15, 0.2) is 0 Å². The van der Waals surface area contributed by atoms with Gasteiger partial charge in [0.05, 0.1) is 13.1 Å². The molecule has 62 valence electrons. The molecule has 1 amide bonds. The quantitative estimate of drug-likeness (QED) is 0.522. The van der Waals surface area contributed by atoms with Gasteiger partial charge in [-0.15, -0.1) is 0 Å². The third-order valence-electron chi connectivity index (χ3n) is 1.67. The molecule has 0 saturated carbocycles. The highest BCUT2D eigenvalue weighted by atomic mass is 16.2. The first kappa shape index (κ1) is 8.20. The van der Waals surface area contributed by atoms with E-state index in [0.29, 0.717) is 13.1 Å². The topological polar surface area (TPSA) is 49.4 Å². The second-order valence-electron chi connectivity index (χ2n) is 2.61. The van der Waals surface area contributed by atoms with E-state index in [9.17, 15) is 9.59 Å². The number of hydrogen-bond acceptors (Lipinski definition) is 3. The van der Waals surface area contributed by atoms with Crippen LogP contribution in [0.5, 0.6) is 0 Å². The first-order valence-corrected chi connectivity index (χ1v) is 3.75. The maximum absolute atomic E-state index is 10.9. The molecule has 1 heterocycles. The van der Waals surface area contributed by atoms with Gasteiger partial charge in [0.2, 0.25) is 5.91 Å². The average molecular weight is 156 g/mol. The van der Waals surface area contributed by atoms with Gasteiger partial charge in [0.1, 0.15) is 6.29 Å². The van der Waals surface area contributed by atoms with Crippen molar-refractivity contribution >= 4 is 12.2 Å². The number of nitrogens with zero attached hydrogens (tertiary/aromatic N) is 1. The Balaban J connectivity index is 2.38. The first-order valence-electron chi connectivity index (χ1n) is 3.75. The molecule has 0 radical (unpaired) electrons. The summed E-state index contributed by atoms with van der Waals surface area (Å²) in [5.74, 6) is 0.0179. The number of carbonyl (C=O) groups excluding carboxylic acids is 2. The van der Waals surface area contributed by atoms with Crippen LogP contribution in [0.2, 0.25) is 0 Å². The van der Waals surface area contributed by atoms with Gasteiger partial charge in [0.15, 0.2) is 0 Å². The van der Waals surface area contributed by atoms with Crippen molar-refractivity contribution in [3.05, 3.63) is 0 Å². The monoisotopic (exact) mass is 156 g/mol. The lowest BCUT2D eigenvalue weighted by Crippen LogP contribution is -2.34. The zero-order chi connectivity index (χ0) is 8.10. The molecule has 0 unspecified atom stereocenters. The van der Waals surface area contributed by atoms with Crippen LogP contribution in [-0.2, 0) is 9.59 Å². The van der Waals surface area contributed by atoms with Crippen LogP contribution in [0.4, 0.5) is 0 Å². The summed E-state index contributed by atoms with van der Waals surface area (Å²) in [4.78, 5) is 22.9. The Labute approximate surface area is 65.6 Å². The molecule has 0 aromatic carbocycles. The maximum atomic E-state index is 10.9. The molecule has 0 spiro atoms. The highest BCUT2D eigenvalue weighted by Gasteiger charge is 2.12. The Bertz CT molecular complexity index is 159. The van der Waals surface area contributed by atoms with Crippen molar-refractivity contribution in [2.24, 2.45) is 0 Å². The van der Waals surface area contributed by atoms with Crippen molar-refractivity contribution < 1.29 is 9.59 Å². The highest BCUT2D eigenvalue weighted by Crippen LogP contribution is 1.93. The van der Waals surface area contributed by atoms with Gasteiger partial charge in [0, 0.05) is 13.1 Å². The summed E-state index contributed by atoms with van der Waals surface area (Å²) in [6.07, 6.45) is 1.76. The van der Waals surface area contributed by atoms with E-state index in [0.717, 1.165) is 25.8 Å². The molecule has 11 heavy (non-hydrogen) atoms. The Morgan fingerprint density at radius 2 is 2.45 bits per heavy atom. The predicted octanol–water partition coefficient (Wildman–Crippen LogP) is -0.993. The summed E-state index contributed by atoms with van der Waals surface area (Å²) in [5, 5.41) is 2.74. The minimum Gasteiger partial charge on any atom is -0.355 e. The van der Waals surface area contributed by atoms with E-state index >= 15 is 0 Å². The van der Waals surface area contributed by atoms with Gasteiger partial charge in [-0.2, -0.15) is 0 Å². The zero-order valence-electron chi connectivity index (χ0n) is 6.38. The number of aldehydes is 1. The van der Waals surface area contributed by atoms with E-state index in [-0.39, 0.29) is 5.91 Å². The minimum absolute atomic E-state index is 0.0179. The standard InChI is InChI=1S/C7H12N2O2/c10-5-4-9-3-1-2-8-7(11)6-9/h5H,1-4,6H2,(H,8,11). The van der Waals surface area contributed by atoms with E-state index in [1.165, 1.54) is 0 Å². The Morgan fingerprint density at radius 1 is 1.64 bits per heavy atom. The second kappa shape index (κ2) is 4.08. The van der Waals surface area contributed by atoms with Crippen LogP contribution in [0.25, 0.3) is 0 Å². The van der Waals surface area contributed by atoms with E-state index < -0.39 is 0 Å². The SMILES string of the molecule is O=CCN1CCCNC(=O)C1. The Morgan fingerprint density at radius 3 is 3.18 bits per heavy atom. The smallest absolute Gasteiger partial charge is 0.234 e. The number of nitrogens with one attached hydrogen (secondary N) is 1. The molecule has 0 aromatic rings. The third-order valence-corrected chi connectivity index (χ3v) is 1.67. The molecule has 1 rings (SSSR count). The Hall–Kier alpha value is -0.900. The molecule has 4 heteroatoms. The van der Waals surface area contributed by atoms with Crippen molar-refractivity contribution in [1.82, 2.24) is 10.2 Å². The maximum Gasteiger partial charge on any atom is 0.234 e. The summed E-state index contributed by atoms with van der Waals surface area (Å²) >= 11 is 0. The van der Waals surface area contributed by atoms with E-state index in [4.69, 9.17) is 0 Å². The highest BCUT2D eigenvalue weighted by molar-refractivity contribution is 5.78. The van der Waals surface area contributed by atoms with E-state index in [1.54, 1.807) is 0 Å². The van der Waals surface area contributed by atoms with Gasteiger partial charge < -0.3 is 10.1 Å². The van der Waals surface area contributed by atoms with E-state index in [1.807, 2.05) is 4.90 Å². The van der Waals surface area contributed by atoms with Crippen LogP contribution >= 0.6 is 0 Å². The largest absolute Gasteiger partial charge is 0.355 e. The van der Waals surface area contributed by atoms with Gasteiger partial charge in [0.25, 0.3) is 0 Å². The molecule has 1 fully saturated rings. The summed E-state index contributed by atoms with van der Waals surface area (Å²) in [6, 6.07) is 0. The molecular weight excluding hydrogens is 144 g/mol. The fourth-order valence-electron chi connectivity index (χ4n) is 1.13. The summed E-state index contributed by atoms with van der Waals surface area (Å²) in [7, 11) is 0. The molecule has 1 saturated heterocycles. The zero-order valence-corrected chi connectivity index (χ0v) is 6.38. The van der Waals surface area contributed by atoms with Crippen molar-refractivity contribution in [1.29, 1.82) is 0 Å². The molecule has 4 nitrogen and oxygen atoms in total. The summed E-state index contributed by atoms with van der Waals surface area (Å²) < 4.78 is 0. The molecule has 1 aliphatic rings. The van der Waals surface area contributed by atoms with Crippen molar-refractivity contribution in [2.75, 3.05) is 26.2 Å². The number of carbonyl (C=O) groups is 2. The van der Waals surface area contributed by atoms with Crippen molar-refractivity contribution in [2.45, 2.75) is 6.42 Å². The fourth-order valence-corrected chi connectivity index (χ4v) is 1.13. The molecular formula is C7H12N2O2. The molecule has 1 aliphatic heterocycles. The second-order valence-corrected chi connectivity index (χ2v) is 2.61. The van der Waals surface area contributed by atoms with Crippen LogP contribution in [0, 0.1) is 0 Å². The fraction of sp³-hybridized carbons (Fsp3) is 0.714. The van der Waals surface area contributed by atoms with Crippen LogP contribution in [0.3, 0.4) is 0 Å². The number of rotatable bonds is 2. The van der Waals surface area contributed by atoms with Crippen molar-refractivity contribution in [3.63, 3.8) is 0 Å². The Kier molecular flexibility index (Phi) is 3.04. The third kappa shape index (κ3) is 2.67. The molecule has 0 bridgehead atoms. The molecule has 0 atom stereocenters. The number of amides is 1. The van der Waals surface area contributed by atoms with E-state index in [2.05, 4.69) is 5.32 Å². The predicted molar refractivity (Wildman–Crippen MR) is 40.1 cm³/mol. The van der Waals surface area contributed by atoms with Gasteiger partial charge in [-0.3, -0.25) is 9.69 Å². The normalized spacial score (nSPS) is 20.5. The van der Waals surface area contributed by atoms with Crippen LogP contribution in [0.1, 0.15) is 6.42 Å². The van der Waals surface area contributed by atoms with Gasteiger partial charge in [-0.25, -0.2) is 0 Å². The molecule has 0 aromatic heterocycles. The summed E-state index contributed by atoms with van der Waals surface area (Å²) in [5.41, 5.74) is 0. The van der Waals surface area contributed by atoms with Crippen molar-refractivity contribution in [3.8, 4) is 0 Å². The van der Waals surface area contributed by atoms with Gasteiger partial charge in [-0.1, -0.05) is 0 Å². The first-order chi connectivity index (χ1) is 5.33. The molecule has 0 aliphatic carbocycles. The lowest BCUT2D eigenvalue weighted by atomic mass is 10.4. The lowest BCUT2D eigenvalue weighted by Gasteiger charge is -2.13. The van der Waals surface area contributed by atoms with Crippen LogP contribution < -0.4 is 5.32 Å². The minimum atomic E-state index is 0.0179.